The molecule has 0 spiro atoms. The third-order valence-electron chi connectivity index (χ3n) is 3.45. The van der Waals surface area contributed by atoms with Crippen LogP contribution in [0.1, 0.15) is 36.6 Å². The monoisotopic (exact) mass is 276 g/mol. The molecule has 0 unspecified atom stereocenters. The van der Waals surface area contributed by atoms with E-state index in [9.17, 15) is 0 Å². The van der Waals surface area contributed by atoms with E-state index in [2.05, 4.69) is 36.0 Å². The van der Waals surface area contributed by atoms with Crippen molar-refractivity contribution >= 4 is 0 Å². The maximum Gasteiger partial charge on any atom is 0.148 e. The van der Waals surface area contributed by atoms with E-state index in [4.69, 9.17) is 5.73 Å². The first-order valence-electron chi connectivity index (χ1n) is 7.12. The van der Waals surface area contributed by atoms with Gasteiger partial charge in [-0.1, -0.05) is 13.8 Å². The Morgan fingerprint density at radius 3 is 2.65 bits per heavy atom. The molecule has 2 aromatic rings. The average Bonchev–Trinajstić information content (AvgIpc) is 2.90. The van der Waals surface area contributed by atoms with Crippen LogP contribution < -0.4 is 5.73 Å². The lowest BCUT2D eigenvalue weighted by Crippen LogP contribution is -2.15. The highest BCUT2D eigenvalue weighted by Gasteiger charge is 2.13. The molecule has 0 aliphatic carbocycles. The fraction of sp³-hybridized carbons (Fsp3) is 0.643. The summed E-state index contributed by atoms with van der Waals surface area (Å²) in [5.41, 5.74) is 9.14. The van der Waals surface area contributed by atoms with Crippen molar-refractivity contribution in [3.63, 3.8) is 0 Å². The minimum Gasteiger partial charge on any atom is -0.330 e. The quantitative estimate of drug-likeness (QED) is 0.863. The van der Waals surface area contributed by atoms with E-state index in [0.29, 0.717) is 19.0 Å². The van der Waals surface area contributed by atoms with Crippen LogP contribution in [0.15, 0.2) is 6.33 Å². The van der Waals surface area contributed by atoms with Gasteiger partial charge in [0.2, 0.25) is 0 Å². The summed E-state index contributed by atoms with van der Waals surface area (Å²) in [7, 11) is 0. The van der Waals surface area contributed by atoms with Crippen molar-refractivity contribution in [2.45, 2.75) is 47.2 Å². The van der Waals surface area contributed by atoms with Crippen molar-refractivity contribution < 1.29 is 0 Å². The maximum absolute atomic E-state index is 5.66. The van der Waals surface area contributed by atoms with Crippen molar-refractivity contribution in [2.24, 2.45) is 11.7 Å². The summed E-state index contributed by atoms with van der Waals surface area (Å²) < 4.78 is 3.96. The molecule has 0 fully saturated rings. The van der Waals surface area contributed by atoms with Gasteiger partial charge in [-0.3, -0.25) is 4.68 Å². The molecule has 0 amide bonds. The third-order valence-corrected chi connectivity index (χ3v) is 3.45. The minimum absolute atomic E-state index is 0.545. The van der Waals surface area contributed by atoms with E-state index < -0.39 is 0 Å². The second-order valence-electron chi connectivity index (χ2n) is 5.60. The molecule has 110 valence electrons. The molecule has 0 aliphatic rings. The molecule has 0 aromatic carbocycles. The van der Waals surface area contributed by atoms with E-state index in [1.54, 1.807) is 6.33 Å². The Hall–Kier alpha value is -1.69. The zero-order chi connectivity index (χ0) is 14.7. The van der Waals surface area contributed by atoms with Gasteiger partial charge in [0.05, 0.1) is 5.69 Å². The summed E-state index contributed by atoms with van der Waals surface area (Å²) >= 11 is 0. The van der Waals surface area contributed by atoms with Crippen LogP contribution in [0.2, 0.25) is 0 Å². The van der Waals surface area contributed by atoms with Gasteiger partial charge in [0.1, 0.15) is 18.7 Å². The van der Waals surface area contributed by atoms with Crippen molar-refractivity contribution in [3.05, 3.63) is 29.1 Å². The van der Waals surface area contributed by atoms with Gasteiger partial charge in [0.15, 0.2) is 0 Å². The first kappa shape index (κ1) is 14.7. The van der Waals surface area contributed by atoms with Gasteiger partial charge in [-0.2, -0.15) is 10.2 Å². The first-order chi connectivity index (χ1) is 9.52. The Balaban J connectivity index is 2.22. The molecule has 20 heavy (non-hydrogen) atoms. The molecule has 0 aliphatic heterocycles. The van der Waals surface area contributed by atoms with E-state index in [1.807, 2.05) is 16.3 Å². The SMILES string of the molecule is Cc1nn(Cc2ncnn2CC(C)C)c(C)c1CCN. The molecule has 0 atom stereocenters. The van der Waals surface area contributed by atoms with Crippen LogP contribution in [0, 0.1) is 19.8 Å². The molecule has 2 rings (SSSR count). The fourth-order valence-electron chi connectivity index (χ4n) is 2.44. The lowest BCUT2D eigenvalue weighted by atomic mass is 10.1. The van der Waals surface area contributed by atoms with Gasteiger partial charge in [0, 0.05) is 12.2 Å². The molecule has 6 nitrogen and oxygen atoms in total. The normalized spacial score (nSPS) is 11.5. The summed E-state index contributed by atoms with van der Waals surface area (Å²) in [6, 6.07) is 0. The molecular weight excluding hydrogens is 252 g/mol. The molecule has 0 saturated carbocycles. The number of nitrogens with zero attached hydrogens (tertiary/aromatic N) is 5. The average molecular weight is 276 g/mol. The van der Waals surface area contributed by atoms with Gasteiger partial charge in [0.25, 0.3) is 0 Å². The standard InChI is InChI=1S/C14H24N6/c1-10(2)7-20-14(16-9-17-20)8-19-12(4)13(5-6-15)11(3)18-19/h9-10H,5-8,15H2,1-4H3. The summed E-state index contributed by atoms with van der Waals surface area (Å²) in [5, 5.41) is 8.90. The maximum atomic E-state index is 5.66. The Labute approximate surface area is 120 Å². The summed E-state index contributed by atoms with van der Waals surface area (Å²) in [6.07, 6.45) is 2.49. The number of aryl methyl sites for hydroxylation is 1. The third kappa shape index (κ3) is 3.07. The van der Waals surface area contributed by atoms with Crippen LogP contribution in [0.4, 0.5) is 0 Å². The highest BCUT2D eigenvalue weighted by Crippen LogP contribution is 2.14. The van der Waals surface area contributed by atoms with Crippen LogP contribution in [-0.2, 0) is 19.5 Å². The van der Waals surface area contributed by atoms with E-state index >= 15 is 0 Å². The van der Waals surface area contributed by atoms with Gasteiger partial charge >= 0.3 is 0 Å². The molecule has 0 saturated heterocycles. The lowest BCUT2D eigenvalue weighted by molar-refractivity contribution is 0.455. The second kappa shape index (κ2) is 6.17. The highest BCUT2D eigenvalue weighted by molar-refractivity contribution is 5.25. The van der Waals surface area contributed by atoms with Crippen molar-refractivity contribution in [2.75, 3.05) is 6.54 Å². The zero-order valence-corrected chi connectivity index (χ0v) is 12.8. The van der Waals surface area contributed by atoms with Crippen molar-refractivity contribution in [1.82, 2.24) is 24.5 Å². The predicted octanol–water partition coefficient (Wildman–Crippen LogP) is 1.30. The topological polar surface area (TPSA) is 74.5 Å². The number of hydrogen-bond acceptors (Lipinski definition) is 4. The molecule has 6 heteroatoms. The van der Waals surface area contributed by atoms with Gasteiger partial charge in [-0.25, -0.2) is 9.67 Å². The Kier molecular flexibility index (Phi) is 4.54. The summed E-state index contributed by atoms with van der Waals surface area (Å²) in [4.78, 5) is 4.36. The zero-order valence-electron chi connectivity index (χ0n) is 12.8. The van der Waals surface area contributed by atoms with Crippen molar-refractivity contribution in [3.8, 4) is 0 Å². The highest BCUT2D eigenvalue weighted by atomic mass is 15.4. The van der Waals surface area contributed by atoms with Crippen LogP contribution in [0.5, 0.6) is 0 Å². The number of nitrogens with two attached hydrogens (primary N) is 1. The number of rotatable bonds is 6. The van der Waals surface area contributed by atoms with Crippen molar-refractivity contribution in [1.29, 1.82) is 0 Å². The molecule has 2 aromatic heterocycles. The Bertz CT molecular complexity index is 566. The predicted molar refractivity (Wildman–Crippen MR) is 78.4 cm³/mol. The molecule has 2 heterocycles. The van der Waals surface area contributed by atoms with E-state index in [0.717, 1.165) is 24.5 Å². The van der Waals surface area contributed by atoms with Crippen LogP contribution >= 0.6 is 0 Å². The first-order valence-corrected chi connectivity index (χ1v) is 7.12. The van der Waals surface area contributed by atoms with Gasteiger partial charge < -0.3 is 5.73 Å². The minimum atomic E-state index is 0.545. The Morgan fingerprint density at radius 1 is 1.25 bits per heavy atom. The fourth-order valence-corrected chi connectivity index (χ4v) is 2.44. The van der Waals surface area contributed by atoms with Gasteiger partial charge in [-0.05, 0) is 38.3 Å². The smallest absolute Gasteiger partial charge is 0.148 e. The second-order valence-corrected chi connectivity index (χ2v) is 5.60. The number of hydrogen-bond donors (Lipinski definition) is 1. The molecular formula is C14H24N6. The largest absolute Gasteiger partial charge is 0.330 e. The van der Waals surface area contributed by atoms with E-state index in [-0.39, 0.29) is 0 Å². The van der Waals surface area contributed by atoms with Crippen LogP contribution in [-0.4, -0.2) is 31.1 Å². The molecule has 0 radical (unpaired) electrons. The van der Waals surface area contributed by atoms with Gasteiger partial charge in [-0.15, -0.1) is 0 Å². The molecule has 2 N–H and O–H groups in total. The Morgan fingerprint density at radius 2 is 2.00 bits per heavy atom. The lowest BCUT2D eigenvalue weighted by Gasteiger charge is -2.09. The van der Waals surface area contributed by atoms with E-state index in [1.165, 1.54) is 11.3 Å². The summed E-state index contributed by atoms with van der Waals surface area (Å²) in [6.45, 7) is 10.7. The summed E-state index contributed by atoms with van der Waals surface area (Å²) in [5.74, 6) is 1.49. The molecule has 0 bridgehead atoms. The number of aromatic nitrogens is 5. The van der Waals surface area contributed by atoms with Crippen LogP contribution in [0.3, 0.4) is 0 Å². The van der Waals surface area contributed by atoms with Crippen LogP contribution in [0.25, 0.3) is 0 Å².